The first-order chi connectivity index (χ1) is 8.19. The molecule has 2 aromatic heterocycles. The minimum absolute atomic E-state index is 0.478. The van der Waals surface area contributed by atoms with Gasteiger partial charge in [0.1, 0.15) is 10.4 Å². The first kappa shape index (κ1) is 12.3. The van der Waals surface area contributed by atoms with Crippen LogP contribution in [0, 0.1) is 0 Å². The number of halogens is 1. The summed E-state index contributed by atoms with van der Waals surface area (Å²) in [7, 11) is 0. The second kappa shape index (κ2) is 5.46. The number of nitrogens with zero attached hydrogens (tertiary/aromatic N) is 3. The lowest BCUT2D eigenvalue weighted by molar-refractivity contribution is 0.799. The van der Waals surface area contributed by atoms with Gasteiger partial charge in [-0.05, 0) is 34.3 Å². The molecule has 0 saturated carbocycles. The molecule has 6 heteroatoms. The highest BCUT2D eigenvalue weighted by Gasteiger charge is 2.10. The van der Waals surface area contributed by atoms with Crippen LogP contribution in [-0.4, -0.2) is 16.5 Å². The van der Waals surface area contributed by atoms with Gasteiger partial charge < -0.3 is 10.6 Å². The molecular formula is C11H13BrN4S. The molecule has 2 N–H and O–H groups in total. The van der Waals surface area contributed by atoms with Gasteiger partial charge in [-0.15, -0.1) is 11.3 Å². The molecule has 0 amide bonds. The molecule has 2 rings (SSSR count). The third-order valence-corrected chi connectivity index (χ3v) is 3.56. The molecule has 2 heterocycles. The molecule has 0 aliphatic heterocycles. The minimum Gasteiger partial charge on any atom is -0.383 e. The Bertz CT molecular complexity index is 466. The fourth-order valence-electron chi connectivity index (χ4n) is 1.48. The van der Waals surface area contributed by atoms with Gasteiger partial charge in [0, 0.05) is 17.5 Å². The minimum atomic E-state index is 0.478. The average molecular weight is 313 g/mol. The molecule has 17 heavy (non-hydrogen) atoms. The molecule has 0 spiro atoms. The lowest BCUT2D eigenvalue weighted by Gasteiger charge is -2.20. The van der Waals surface area contributed by atoms with Gasteiger partial charge in [-0.25, -0.2) is 4.98 Å². The predicted molar refractivity (Wildman–Crippen MR) is 75.2 cm³/mol. The molecule has 4 nitrogen and oxygen atoms in total. The number of rotatable bonds is 4. The monoisotopic (exact) mass is 312 g/mol. The predicted octanol–water partition coefficient (Wildman–Crippen LogP) is 2.91. The number of hydrogen-bond donors (Lipinski definition) is 1. The van der Waals surface area contributed by atoms with Crippen molar-refractivity contribution >= 4 is 39.0 Å². The fraction of sp³-hybridized carbons (Fsp3) is 0.273. The van der Waals surface area contributed by atoms with Crippen molar-refractivity contribution in [2.75, 3.05) is 17.2 Å². The second-order valence-electron chi connectivity index (χ2n) is 3.51. The van der Waals surface area contributed by atoms with E-state index in [1.54, 1.807) is 17.4 Å². The Morgan fingerprint density at radius 3 is 2.88 bits per heavy atom. The van der Waals surface area contributed by atoms with Crippen LogP contribution in [0.15, 0.2) is 28.2 Å². The number of nitrogen functional groups attached to an aromatic ring is 1. The molecule has 0 aliphatic rings. The molecule has 2 aromatic rings. The topological polar surface area (TPSA) is 55.0 Å². The van der Waals surface area contributed by atoms with Crippen molar-refractivity contribution in [3.8, 4) is 0 Å². The quantitative estimate of drug-likeness (QED) is 0.882. The third-order valence-electron chi connectivity index (χ3n) is 2.29. The van der Waals surface area contributed by atoms with E-state index in [2.05, 4.69) is 49.2 Å². The maximum atomic E-state index is 5.72. The van der Waals surface area contributed by atoms with Crippen molar-refractivity contribution in [2.24, 2.45) is 0 Å². The summed E-state index contributed by atoms with van der Waals surface area (Å²) in [5.74, 6) is 1.14. The molecular weight excluding hydrogens is 300 g/mol. The van der Waals surface area contributed by atoms with E-state index in [1.807, 2.05) is 6.07 Å². The Morgan fingerprint density at radius 2 is 2.29 bits per heavy atom. The summed E-state index contributed by atoms with van der Waals surface area (Å²) in [5, 5.41) is 2.07. The van der Waals surface area contributed by atoms with E-state index in [4.69, 9.17) is 5.73 Å². The van der Waals surface area contributed by atoms with Gasteiger partial charge in [-0.3, -0.25) is 0 Å². The Labute approximate surface area is 113 Å². The van der Waals surface area contributed by atoms with Gasteiger partial charge in [-0.2, -0.15) is 4.98 Å². The molecule has 0 radical (unpaired) electrons. The molecule has 0 aromatic carbocycles. The van der Waals surface area contributed by atoms with Crippen molar-refractivity contribution in [1.29, 1.82) is 0 Å². The first-order valence-corrected chi connectivity index (χ1v) is 6.93. The molecule has 0 unspecified atom stereocenters. The van der Waals surface area contributed by atoms with Gasteiger partial charge in [0.15, 0.2) is 0 Å². The van der Waals surface area contributed by atoms with Gasteiger partial charge in [0.05, 0.1) is 6.54 Å². The maximum absolute atomic E-state index is 5.72. The Morgan fingerprint density at radius 1 is 1.47 bits per heavy atom. The highest BCUT2D eigenvalue weighted by atomic mass is 79.9. The second-order valence-corrected chi connectivity index (χ2v) is 5.35. The van der Waals surface area contributed by atoms with E-state index in [-0.39, 0.29) is 0 Å². The fourth-order valence-corrected chi connectivity index (χ4v) is 2.59. The van der Waals surface area contributed by atoms with Crippen LogP contribution in [0.1, 0.15) is 11.8 Å². The van der Waals surface area contributed by atoms with E-state index in [1.165, 1.54) is 4.88 Å². The Hall–Kier alpha value is -1.14. The lowest BCUT2D eigenvalue weighted by Crippen LogP contribution is -2.24. The SMILES string of the molecule is CCN(Cc1cccs1)c1nc(N)cc(Br)n1. The van der Waals surface area contributed by atoms with E-state index >= 15 is 0 Å². The van der Waals surface area contributed by atoms with Crippen LogP contribution >= 0.6 is 27.3 Å². The van der Waals surface area contributed by atoms with Crippen molar-refractivity contribution in [3.63, 3.8) is 0 Å². The number of hydrogen-bond acceptors (Lipinski definition) is 5. The van der Waals surface area contributed by atoms with Crippen molar-refractivity contribution in [3.05, 3.63) is 33.1 Å². The number of nitrogens with two attached hydrogens (primary N) is 1. The molecule has 0 saturated heterocycles. The highest BCUT2D eigenvalue weighted by Crippen LogP contribution is 2.19. The summed E-state index contributed by atoms with van der Waals surface area (Å²) in [6, 6.07) is 5.85. The van der Waals surface area contributed by atoms with Crippen LogP contribution in [0.25, 0.3) is 0 Å². The van der Waals surface area contributed by atoms with Crippen LogP contribution in [0.3, 0.4) is 0 Å². The van der Waals surface area contributed by atoms with Crippen molar-refractivity contribution in [1.82, 2.24) is 9.97 Å². The average Bonchev–Trinajstić information content (AvgIpc) is 2.77. The van der Waals surface area contributed by atoms with Crippen LogP contribution in [0.4, 0.5) is 11.8 Å². The standard InChI is InChI=1S/C11H13BrN4S/c1-2-16(7-8-4-3-5-17-8)11-14-9(12)6-10(13)15-11/h3-6H,2,7H2,1H3,(H2,13,14,15). The van der Waals surface area contributed by atoms with Crippen LogP contribution in [0.5, 0.6) is 0 Å². The van der Waals surface area contributed by atoms with E-state index < -0.39 is 0 Å². The summed E-state index contributed by atoms with van der Waals surface area (Å²) < 4.78 is 0.713. The smallest absolute Gasteiger partial charge is 0.228 e. The summed E-state index contributed by atoms with van der Waals surface area (Å²) in [6.45, 7) is 3.73. The van der Waals surface area contributed by atoms with E-state index in [0.29, 0.717) is 16.4 Å². The van der Waals surface area contributed by atoms with E-state index in [0.717, 1.165) is 13.1 Å². The molecule has 0 bridgehead atoms. The van der Waals surface area contributed by atoms with Crippen LogP contribution < -0.4 is 10.6 Å². The Balaban J connectivity index is 2.22. The van der Waals surface area contributed by atoms with Gasteiger partial charge >= 0.3 is 0 Å². The summed E-state index contributed by atoms with van der Waals surface area (Å²) in [6.07, 6.45) is 0. The zero-order valence-electron chi connectivity index (χ0n) is 9.43. The third kappa shape index (κ3) is 3.17. The van der Waals surface area contributed by atoms with Gasteiger partial charge in [0.2, 0.25) is 5.95 Å². The number of aromatic nitrogens is 2. The summed E-state index contributed by atoms with van der Waals surface area (Å²) in [5.41, 5.74) is 5.72. The summed E-state index contributed by atoms with van der Waals surface area (Å²) >= 11 is 5.06. The van der Waals surface area contributed by atoms with Crippen molar-refractivity contribution in [2.45, 2.75) is 13.5 Å². The molecule has 0 fully saturated rings. The van der Waals surface area contributed by atoms with Crippen molar-refractivity contribution < 1.29 is 0 Å². The Kier molecular flexibility index (Phi) is 3.96. The summed E-state index contributed by atoms with van der Waals surface area (Å²) in [4.78, 5) is 12.0. The largest absolute Gasteiger partial charge is 0.383 e. The molecule has 0 aliphatic carbocycles. The van der Waals surface area contributed by atoms with Crippen LogP contribution in [-0.2, 0) is 6.54 Å². The number of anilines is 2. The zero-order valence-corrected chi connectivity index (χ0v) is 11.8. The highest BCUT2D eigenvalue weighted by molar-refractivity contribution is 9.10. The van der Waals surface area contributed by atoms with E-state index in [9.17, 15) is 0 Å². The number of thiophene rings is 1. The normalized spacial score (nSPS) is 10.5. The lowest BCUT2D eigenvalue weighted by atomic mass is 10.4. The first-order valence-electron chi connectivity index (χ1n) is 5.26. The zero-order chi connectivity index (χ0) is 12.3. The molecule has 90 valence electrons. The van der Waals surface area contributed by atoms with Crippen LogP contribution in [0.2, 0.25) is 0 Å². The maximum Gasteiger partial charge on any atom is 0.228 e. The van der Waals surface area contributed by atoms with Gasteiger partial charge in [0.25, 0.3) is 0 Å². The van der Waals surface area contributed by atoms with Gasteiger partial charge in [-0.1, -0.05) is 6.07 Å². The molecule has 0 atom stereocenters.